The van der Waals surface area contributed by atoms with Gasteiger partial charge in [-0.15, -0.1) is 0 Å². The summed E-state index contributed by atoms with van der Waals surface area (Å²) in [6.07, 6.45) is 5.33. The number of aliphatic hydroxyl groups is 1. The molecular weight excluding hydrogens is 126 g/mol. The summed E-state index contributed by atoms with van der Waals surface area (Å²) in [6, 6.07) is 2.03. The molecule has 2 nitrogen and oxygen atoms in total. The van der Waals surface area contributed by atoms with Crippen molar-refractivity contribution in [2.45, 2.75) is 44.1 Å². The highest BCUT2D eigenvalue weighted by molar-refractivity contribution is 4.90. The van der Waals surface area contributed by atoms with Crippen LogP contribution in [0.25, 0.3) is 0 Å². The molecule has 2 heteroatoms. The molecule has 0 bridgehead atoms. The summed E-state index contributed by atoms with van der Waals surface area (Å²) in [7, 11) is 0. The van der Waals surface area contributed by atoms with E-state index < -0.39 is 5.60 Å². The minimum absolute atomic E-state index is 0.312. The molecule has 1 saturated carbocycles. The average molecular weight is 139 g/mol. The van der Waals surface area contributed by atoms with Crippen LogP contribution >= 0.6 is 0 Å². The lowest BCUT2D eigenvalue weighted by Crippen LogP contribution is -2.30. The van der Waals surface area contributed by atoms with Crippen molar-refractivity contribution in [1.29, 1.82) is 5.26 Å². The van der Waals surface area contributed by atoms with Gasteiger partial charge in [0.2, 0.25) is 0 Å². The van der Waals surface area contributed by atoms with Gasteiger partial charge in [0, 0.05) is 0 Å². The molecule has 0 unspecified atom stereocenters. The zero-order valence-corrected chi connectivity index (χ0v) is 6.14. The highest BCUT2D eigenvalue weighted by Crippen LogP contribution is 2.30. The Morgan fingerprint density at radius 3 is 2.40 bits per heavy atom. The highest BCUT2D eigenvalue weighted by Gasteiger charge is 2.28. The van der Waals surface area contributed by atoms with Gasteiger partial charge in [-0.25, -0.2) is 0 Å². The van der Waals surface area contributed by atoms with Gasteiger partial charge < -0.3 is 5.11 Å². The van der Waals surface area contributed by atoms with Crippen LogP contribution in [-0.4, -0.2) is 10.7 Å². The van der Waals surface area contributed by atoms with Crippen LogP contribution in [0.4, 0.5) is 0 Å². The topological polar surface area (TPSA) is 44.0 Å². The molecule has 0 spiro atoms. The van der Waals surface area contributed by atoms with Crippen LogP contribution in [0.15, 0.2) is 0 Å². The van der Waals surface area contributed by atoms with Crippen molar-refractivity contribution < 1.29 is 5.11 Å². The Balaban J connectivity index is 2.42. The fraction of sp³-hybridized carbons (Fsp3) is 0.875. The second-order valence-electron chi connectivity index (χ2n) is 3.12. The maximum absolute atomic E-state index is 9.65. The molecule has 1 rings (SSSR count). The van der Waals surface area contributed by atoms with Gasteiger partial charge in [0.25, 0.3) is 0 Å². The molecule has 0 saturated heterocycles. The lowest BCUT2D eigenvalue weighted by atomic mass is 9.83. The van der Waals surface area contributed by atoms with Crippen molar-refractivity contribution in [2.75, 3.05) is 0 Å². The SMILES string of the molecule is N#CCC1(O)CCCCC1. The van der Waals surface area contributed by atoms with Crippen molar-refractivity contribution in [2.24, 2.45) is 0 Å². The van der Waals surface area contributed by atoms with Gasteiger partial charge in [-0.1, -0.05) is 19.3 Å². The van der Waals surface area contributed by atoms with E-state index in [4.69, 9.17) is 5.26 Å². The molecule has 0 aromatic rings. The van der Waals surface area contributed by atoms with E-state index in [0.29, 0.717) is 6.42 Å². The first-order valence-corrected chi connectivity index (χ1v) is 3.86. The Hall–Kier alpha value is -0.550. The lowest BCUT2D eigenvalue weighted by molar-refractivity contribution is 0.00856. The fourth-order valence-electron chi connectivity index (χ4n) is 1.53. The molecule has 10 heavy (non-hydrogen) atoms. The molecule has 0 atom stereocenters. The molecule has 0 aliphatic heterocycles. The van der Waals surface area contributed by atoms with Gasteiger partial charge in [0.05, 0.1) is 18.1 Å². The van der Waals surface area contributed by atoms with Gasteiger partial charge in [0.1, 0.15) is 0 Å². The number of rotatable bonds is 1. The molecule has 1 fully saturated rings. The lowest BCUT2D eigenvalue weighted by Gasteiger charge is -2.29. The molecule has 1 aliphatic rings. The van der Waals surface area contributed by atoms with E-state index in [1.54, 1.807) is 0 Å². The Labute approximate surface area is 61.5 Å². The smallest absolute Gasteiger partial charge is 0.0777 e. The van der Waals surface area contributed by atoms with E-state index >= 15 is 0 Å². The Bertz CT molecular complexity index is 142. The van der Waals surface area contributed by atoms with Gasteiger partial charge in [-0.05, 0) is 12.8 Å². The maximum atomic E-state index is 9.65. The van der Waals surface area contributed by atoms with Crippen molar-refractivity contribution in [3.05, 3.63) is 0 Å². The minimum atomic E-state index is -0.632. The molecule has 0 heterocycles. The third-order valence-corrected chi connectivity index (χ3v) is 2.19. The molecule has 1 N–H and O–H groups in total. The van der Waals surface area contributed by atoms with Crippen LogP contribution in [0.2, 0.25) is 0 Å². The highest BCUT2D eigenvalue weighted by atomic mass is 16.3. The van der Waals surface area contributed by atoms with E-state index in [1.165, 1.54) is 6.42 Å². The molecule has 56 valence electrons. The molecule has 0 aromatic heterocycles. The van der Waals surface area contributed by atoms with E-state index in [9.17, 15) is 5.11 Å². The second kappa shape index (κ2) is 3.03. The predicted molar refractivity (Wildman–Crippen MR) is 38.3 cm³/mol. The number of hydrogen-bond acceptors (Lipinski definition) is 2. The summed E-state index contributed by atoms with van der Waals surface area (Å²) in [6.45, 7) is 0. The van der Waals surface area contributed by atoms with Crippen molar-refractivity contribution in [1.82, 2.24) is 0 Å². The zero-order valence-electron chi connectivity index (χ0n) is 6.14. The first kappa shape index (κ1) is 7.56. The van der Waals surface area contributed by atoms with Crippen LogP contribution in [0.3, 0.4) is 0 Å². The number of hydrogen-bond donors (Lipinski definition) is 1. The largest absolute Gasteiger partial charge is 0.389 e. The second-order valence-corrected chi connectivity index (χ2v) is 3.12. The minimum Gasteiger partial charge on any atom is -0.389 e. The first-order valence-electron chi connectivity index (χ1n) is 3.86. The summed E-state index contributed by atoms with van der Waals surface area (Å²) in [5, 5.41) is 18.0. The third-order valence-electron chi connectivity index (χ3n) is 2.19. The van der Waals surface area contributed by atoms with E-state index in [0.717, 1.165) is 25.7 Å². The van der Waals surface area contributed by atoms with E-state index in [-0.39, 0.29) is 0 Å². The average Bonchev–Trinajstić information content (AvgIpc) is 1.89. The zero-order chi connectivity index (χ0) is 7.45. The normalized spacial score (nSPS) is 23.6. The summed E-state index contributed by atoms with van der Waals surface area (Å²) in [5.41, 5.74) is -0.632. The van der Waals surface area contributed by atoms with E-state index in [1.807, 2.05) is 6.07 Å². The fourth-order valence-corrected chi connectivity index (χ4v) is 1.53. The Morgan fingerprint density at radius 1 is 1.30 bits per heavy atom. The Morgan fingerprint density at radius 2 is 1.90 bits per heavy atom. The van der Waals surface area contributed by atoms with Crippen molar-refractivity contribution in [3.8, 4) is 6.07 Å². The third kappa shape index (κ3) is 1.71. The van der Waals surface area contributed by atoms with Gasteiger partial charge in [-0.3, -0.25) is 0 Å². The molecule has 0 aromatic carbocycles. The van der Waals surface area contributed by atoms with Crippen LogP contribution in [0, 0.1) is 11.3 Å². The van der Waals surface area contributed by atoms with Crippen molar-refractivity contribution >= 4 is 0 Å². The summed E-state index contributed by atoms with van der Waals surface area (Å²) < 4.78 is 0. The van der Waals surface area contributed by atoms with Crippen molar-refractivity contribution in [3.63, 3.8) is 0 Å². The predicted octanol–water partition coefficient (Wildman–Crippen LogP) is 1.60. The monoisotopic (exact) mass is 139 g/mol. The summed E-state index contributed by atoms with van der Waals surface area (Å²) >= 11 is 0. The Kier molecular flexibility index (Phi) is 2.29. The number of nitrogens with zero attached hydrogens (tertiary/aromatic N) is 1. The molecule has 0 amide bonds. The quantitative estimate of drug-likeness (QED) is 0.599. The van der Waals surface area contributed by atoms with Gasteiger partial charge in [-0.2, -0.15) is 5.26 Å². The summed E-state index contributed by atoms with van der Waals surface area (Å²) in [4.78, 5) is 0. The summed E-state index contributed by atoms with van der Waals surface area (Å²) in [5.74, 6) is 0. The van der Waals surface area contributed by atoms with E-state index in [2.05, 4.69) is 0 Å². The molecular formula is C8H13NO. The number of nitriles is 1. The van der Waals surface area contributed by atoms with Crippen LogP contribution in [0.1, 0.15) is 38.5 Å². The van der Waals surface area contributed by atoms with Crippen LogP contribution < -0.4 is 0 Å². The van der Waals surface area contributed by atoms with Crippen LogP contribution in [-0.2, 0) is 0 Å². The molecule has 0 radical (unpaired) electrons. The first-order chi connectivity index (χ1) is 4.77. The maximum Gasteiger partial charge on any atom is 0.0777 e. The van der Waals surface area contributed by atoms with Gasteiger partial charge >= 0.3 is 0 Å². The standard InChI is InChI=1S/C8H13NO/c9-7-6-8(10)4-2-1-3-5-8/h10H,1-6H2. The van der Waals surface area contributed by atoms with Crippen LogP contribution in [0.5, 0.6) is 0 Å². The molecule has 1 aliphatic carbocycles. The van der Waals surface area contributed by atoms with Gasteiger partial charge in [0.15, 0.2) is 0 Å².